The molecule has 0 aromatic heterocycles. The summed E-state index contributed by atoms with van der Waals surface area (Å²) in [6.07, 6.45) is 5.09. The Hall–Kier alpha value is -1.39. The minimum atomic E-state index is -0.341. The average molecular weight is 273 g/mol. The van der Waals surface area contributed by atoms with E-state index in [1.807, 2.05) is 12.1 Å². The number of benzene rings is 1. The minimum absolute atomic E-state index is 0.341. The van der Waals surface area contributed by atoms with Gasteiger partial charge in [-0.3, -0.25) is 9.69 Å². The molecule has 0 atom stereocenters. The Bertz CT molecular complexity index is 478. The number of primary amides is 1. The molecule has 2 fully saturated rings. The van der Waals surface area contributed by atoms with E-state index in [4.69, 9.17) is 5.73 Å². The highest BCUT2D eigenvalue weighted by Gasteiger charge is 2.34. The highest BCUT2D eigenvalue weighted by atomic mass is 16.1. The van der Waals surface area contributed by atoms with Gasteiger partial charge in [-0.2, -0.15) is 0 Å². The third kappa shape index (κ3) is 3.19. The van der Waals surface area contributed by atoms with Gasteiger partial charge in [0.1, 0.15) is 0 Å². The molecule has 1 aliphatic heterocycles. The molecule has 1 saturated carbocycles. The van der Waals surface area contributed by atoms with E-state index in [0.29, 0.717) is 11.6 Å². The summed E-state index contributed by atoms with van der Waals surface area (Å²) in [5.41, 5.74) is 7.18. The molecular weight excluding hydrogens is 250 g/mol. The van der Waals surface area contributed by atoms with Crippen molar-refractivity contribution >= 4 is 5.91 Å². The predicted octanol–water partition coefficient (Wildman–Crippen LogP) is 1.50. The Labute approximate surface area is 120 Å². The van der Waals surface area contributed by atoms with E-state index < -0.39 is 0 Å². The molecule has 0 unspecified atom stereocenters. The van der Waals surface area contributed by atoms with Crippen LogP contribution in [0.1, 0.15) is 41.6 Å². The van der Waals surface area contributed by atoms with Crippen molar-refractivity contribution < 1.29 is 4.79 Å². The first-order valence-electron chi connectivity index (χ1n) is 7.59. The Morgan fingerprint density at radius 3 is 2.55 bits per heavy atom. The van der Waals surface area contributed by atoms with Gasteiger partial charge in [-0.05, 0) is 56.5 Å². The summed E-state index contributed by atoms with van der Waals surface area (Å²) in [6, 6.07) is 9.19. The van der Waals surface area contributed by atoms with Crippen molar-refractivity contribution in [2.75, 3.05) is 13.1 Å². The van der Waals surface area contributed by atoms with Crippen molar-refractivity contribution in [2.24, 2.45) is 5.73 Å². The lowest BCUT2D eigenvalue weighted by Gasteiger charge is -2.35. The second kappa shape index (κ2) is 5.94. The molecule has 1 heterocycles. The van der Waals surface area contributed by atoms with E-state index in [2.05, 4.69) is 16.3 Å². The monoisotopic (exact) mass is 273 g/mol. The van der Waals surface area contributed by atoms with Gasteiger partial charge in [-0.1, -0.05) is 12.1 Å². The lowest BCUT2D eigenvalue weighted by molar-refractivity contribution is 0.1000. The summed E-state index contributed by atoms with van der Waals surface area (Å²) < 4.78 is 0. The largest absolute Gasteiger partial charge is 0.366 e. The normalized spacial score (nSPS) is 20.2. The van der Waals surface area contributed by atoms with Crippen molar-refractivity contribution in [2.45, 2.75) is 44.3 Å². The van der Waals surface area contributed by atoms with Gasteiger partial charge >= 0.3 is 0 Å². The SMILES string of the molecule is NC(=O)c1cccc(CN(C2CCNCC2)C2CC2)c1. The molecule has 1 aromatic rings. The number of hydrogen-bond donors (Lipinski definition) is 2. The summed E-state index contributed by atoms with van der Waals surface area (Å²) in [5.74, 6) is -0.341. The molecular formula is C16H23N3O. The summed E-state index contributed by atoms with van der Waals surface area (Å²) in [7, 11) is 0. The highest BCUT2D eigenvalue weighted by Crippen LogP contribution is 2.32. The van der Waals surface area contributed by atoms with E-state index in [9.17, 15) is 4.79 Å². The fourth-order valence-electron chi connectivity index (χ4n) is 3.13. The molecule has 0 bridgehead atoms. The zero-order valence-electron chi connectivity index (χ0n) is 11.8. The number of piperidine rings is 1. The number of hydrogen-bond acceptors (Lipinski definition) is 3. The predicted molar refractivity (Wildman–Crippen MR) is 79.4 cm³/mol. The van der Waals surface area contributed by atoms with Crippen LogP contribution in [0, 0.1) is 0 Å². The standard InChI is InChI=1S/C16H23N3O/c17-16(20)13-3-1-2-12(10-13)11-19(14-4-5-14)15-6-8-18-9-7-15/h1-3,10,14-15,18H,4-9,11H2,(H2,17,20). The zero-order chi connectivity index (χ0) is 13.9. The van der Waals surface area contributed by atoms with Crippen molar-refractivity contribution in [3.8, 4) is 0 Å². The maximum atomic E-state index is 11.3. The number of nitrogens with two attached hydrogens (primary N) is 1. The molecule has 108 valence electrons. The van der Waals surface area contributed by atoms with Crippen LogP contribution in [0.25, 0.3) is 0 Å². The molecule has 1 aliphatic carbocycles. The fourth-order valence-corrected chi connectivity index (χ4v) is 3.13. The molecule has 1 amide bonds. The van der Waals surface area contributed by atoms with E-state index in [1.165, 1.54) is 31.2 Å². The molecule has 1 saturated heterocycles. The first kappa shape index (κ1) is 13.6. The maximum absolute atomic E-state index is 11.3. The number of nitrogens with one attached hydrogen (secondary N) is 1. The van der Waals surface area contributed by atoms with Crippen LogP contribution in [0.2, 0.25) is 0 Å². The second-order valence-corrected chi connectivity index (χ2v) is 5.95. The summed E-state index contributed by atoms with van der Waals surface area (Å²) in [5, 5.41) is 3.43. The number of nitrogens with zero attached hydrogens (tertiary/aromatic N) is 1. The number of amides is 1. The first-order valence-corrected chi connectivity index (χ1v) is 7.59. The molecule has 4 nitrogen and oxygen atoms in total. The van der Waals surface area contributed by atoms with Crippen LogP contribution in [0.4, 0.5) is 0 Å². The Kier molecular flexibility index (Phi) is 4.03. The number of rotatable bonds is 5. The molecule has 3 rings (SSSR count). The van der Waals surface area contributed by atoms with Crippen molar-refractivity contribution in [3.05, 3.63) is 35.4 Å². The quantitative estimate of drug-likeness (QED) is 0.855. The van der Waals surface area contributed by atoms with Crippen LogP contribution >= 0.6 is 0 Å². The van der Waals surface area contributed by atoms with Crippen molar-refractivity contribution in [1.29, 1.82) is 0 Å². The van der Waals surface area contributed by atoms with Gasteiger partial charge in [-0.15, -0.1) is 0 Å². The summed E-state index contributed by atoms with van der Waals surface area (Å²) >= 11 is 0. The van der Waals surface area contributed by atoms with Crippen LogP contribution in [0.5, 0.6) is 0 Å². The molecule has 0 radical (unpaired) electrons. The molecule has 4 heteroatoms. The molecule has 2 aliphatic rings. The van der Waals surface area contributed by atoms with Gasteiger partial charge in [0, 0.05) is 24.2 Å². The zero-order valence-corrected chi connectivity index (χ0v) is 11.8. The first-order chi connectivity index (χ1) is 9.74. The number of carbonyl (C=O) groups excluding carboxylic acids is 1. The summed E-state index contributed by atoms with van der Waals surface area (Å²) in [6.45, 7) is 3.18. The second-order valence-electron chi connectivity index (χ2n) is 5.95. The van der Waals surface area contributed by atoms with E-state index in [1.54, 1.807) is 6.07 Å². The van der Waals surface area contributed by atoms with Crippen molar-refractivity contribution in [1.82, 2.24) is 10.2 Å². The molecule has 1 aromatic carbocycles. The maximum Gasteiger partial charge on any atom is 0.248 e. The molecule has 3 N–H and O–H groups in total. The van der Waals surface area contributed by atoms with E-state index in [0.717, 1.165) is 25.7 Å². The molecule has 20 heavy (non-hydrogen) atoms. The Balaban J connectivity index is 1.72. The molecule has 0 spiro atoms. The Morgan fingerprint density at radius 2 is 1.90 bits per heavy atom. The van der Waals surface area contributed by atoms with Gasteiger partial charge in [0.2, 0.25) is 5.91 Å². The average Bonchev–Trinajstić information content (AvgIpc) is 3.30. The lowest BCUT2D eigenvalue weighted by Crippen LogP contribution is -2.43. The minimum Gasteiger partial charge on any atom is -0.366 e. The van der Waals surface area contributed by atoms with Gasteiger partial charge < -0.3 is 11.1 Å². The van der Waals surface area contributed by atoms with E-state index in [-0.39, 0.29) is 5.91 Å². The fraction of sp³-hybridized carbons (Fsp3) is 0.562. The topological polar surface area (TPSA) is 58.4 Å². The van der Waals surface area contributed by atoms with Gasteiger partial charge in [-0.25, -0.2) is 0 Å². The van der Waals surface area contributed by atoms with Gasteiger partial charge in [0.05, 0.1) is 0 Å². The lowest BCUT2D eigenvalue weighted by atomic mass is 10.0. The van der Waals surface area contributed by atoms with Crippen LogP contribution in [-0.4, -0.2) is 36.0 Å². The Morgan fingerprint density at radius 1 is 1.20 bits per heavy atom. The van der Waals surface area contributed by atoms with Crippen molar-refractivity contribution in [3.63, 3.8) is 0 Å². The third-order valence-electron chi connectivity index (χ3n) is 4.37. The van der Waals surface area contributed by atoms with Crippen LogP contribution < -0.4 is 11.1 Å². The number of carbonyl (C=O) groups is 1. The van der Waals surface area contributed by atoms with Crippen LogP contribution in [0.15, 0.2) is 24.3 Å². The third-order valence-corrected chi connectivity index (χ3v) is 4.37. The van der Waals surface area contributed by atoms with Gasteiger partial charge in [0.25, 0.3) is 0 Å². The highest BCUT2D eigenvalue weighted by molar-refractivity contribution is 5.92. The van der Waals surface area contributed by atoms with Gasteiger partial charge in [0.15, 0.2) is 0 Å². The van der Waals surface area contributed by atoms with E-state index >= 15 is 0 Å². The smallest absolute Gasteiger partial charge is 0.248 e. The van der Waals surface area contributed by atoms with Crippen LogP contribution in [0.3, 0.4) is 0 Å². The van der Waals surface area contributed by atoms with Crippen LogP contribution in [-0.2, 0) is 6.54 Å². The summed E-state index contributed by atoms with van der Waals surface area (Å²) in [4.78, 5) is 13.9.